The molecule has 2 aromatic heterocycles. The molecule has 0 aromatic carbocycles. The fourth-order valence-corrected chi connectivity index (χ4v) is 2.23. The summed E-state index contributed by atoms with van der Waals surface area (Å²) in [5.74, 6) is 0.0800. The van der Waals surface area contributed by atoms with Crippen molar-refractivity contribution >= 4 is 17.3 Å². The van der Waals surface area contributed by atoms with Crippen LogP contribution in [0.2, 0.25) is 0 Å². The molecule has 0 aliphatic carbocycles. The Labute approximate surface area is 104 Å². The maximum absolute atomic E-state index is 12.1. The lowest BCUT2D eigenvalue weighted by Gasteiger charge is -1.99. The fraction of sp³-hybridized carbons (Fsp3) is 0.333. The second-order valence-electron chi connectivity index (χ2n) is 3.76. The quantitative estimate of drug-likeness (QED) is 0.761. The molecular weight excluding hydrogens is 234 g/mol. The molecule has 0 fully saturated rings. The van der Waals surface area contributed by atoms with E-state index < -0.39 is 0 Å². The van der Waals surface area contributed by atoms with E-state index >= 15 is 0 Å². The number of hydrogen-bond donors (Lipinski definition) is 0. The van der Waals surface area contributed by atoms with Crippen LogP contribution in [0.5, 0.6) is 0 Å². The summed E-state index contributed by atoms with van der Waals surface area (Å²) in [6, 6.07) is 3.74. The second-order valence-corrected chi connectivity index (χ2v) is 4.51. The Balaban J connectivity index is 2.12. The van der Waals surface area contributed by atoms with Crippen LogP contribution in [-0.4, -0.2) is 20.4 Å². The van der Waals surface area contributed by atoms with Gasteiger partial charge in [0.25, 0.3) is 0 Å². The van der Waals surface area contributed by atoms with E-state index in [1.165, 1.54) is 11.5 Å². The van der Waals surface area contributed by atoms with Crippen molar-refractivity contribution in [3.05, 3.63) is 40.7 Å². The van der Waals surface area contributed by atoms with Gasteiger partial charge in [0.2, 0.25) is 0 Å². The number of hydrogen-bond acceptors (Lipinski definition) is 5. The summed E-state index contributed by atoms with van der Waals surface area (Å²) in [6.07, 6.45) is 5.56. The van der Waals surface area contributed by atoms with E-state index in [0.29, 0.717) is 11.3 Å². The van der Waals surface area contributed by atoms with E-state index in [-0.39, 0.29) is 5.78 Å². The Bertz CT molecular complexity index is 495. The first-order valence-corrected chi connectivity index (χ1v) is 6.32. The summed E-state index contributed by atoms with van der Waals surface area (Å²) in [5.41, 5.74) is 1.75. The number of carbonyl (C=O) groups is 1. The van der Waals surface area contributed by atoms with Gasteiger partial charge in [-0.1, -0.05) is 23.9 Å². The lowest BCUT2D eigenvalue weighted by molar-refractivity contribution is 0.0995. The molecule has 0 atom stereocenters. The number of rotatable bonds is 5. The van der Waals surface area contributed by atoms with Gasteiger partial charge in [0.05, 0.1) is 5.69 Å². The average molecular weight is 247 g/mol. The van der Waals surface area contributed by atoms with Crippen LogP contribution in [-0.2, 0) is 12.8 Å². The summed E-state index contributed by atoms with van der Waals surface area (Å²) in [7, 11) is 0. The van der Waals surface area contributed by atoms with Crippen molar-refractivity contribution < 1.29 is 4.79 Å². The maximum atomic E-state index is 12.1. The lowest BCUT2D eigenvalue weighted by atomic mass is 10.1. The summed E-state index contributed by atoms with van der Waals surface area (Å²) in [4.78, 5) is 16.8. The van der Waals surface area contributed by atoms with Gasteiger partial charge in [-0.25, -0.2) is 0 Å². The standard InChI is InChI=1S/C12H13N3OS/c1-2-4-10-12(17-15-14-10)11(16)7-9-5-3-6-13-8-9/h3,5-6,8H,2,4,7H2,1H3. The minimum Gasteiger partial charge on any atom is -0.293 e. The molecule has 17 heavy (non-hydrogen) atoms. The van der Waals surface area contributed by atoms with Gasteiger partial charge in [-0.2, -0.15) is 0 Å². The van der Waals surface area contributed by atoms with Crippen molar-refractivity contribution in [2.75, 3.05) is 0 Å². The van der Waals surface area contributed by atoms with Gasteiger partial charge in [0, 0.05) is 18.8 Å². The lowest BCUT2D eigenvalue weighted by Crippen LogP contribution is -2.05. The van der Waals surface area contributed by atoms with Gasteiger partial charge in [0.1, 0.15) is 4.88 Å². The van der Waals surface area contributed by atoms with Crippen LogP contribution in [0, 0.1) is 0 Å². The Morgan fingerprint density at radius 3 is 3.06 bits per heavy atom. The Hall–Kier alpha value is -1.62. The van der Waals surface area contributed by atoms with Crippen molar-refractivity contribution in [1.29, 1.82) is 0 Å². The molecule has 5 heteroatoms. The molecular formula is C12H13N3OS. The van der Waals surface area contributed by atoms with Crippen LogP contribution in [0.4, 0.5) is 0 Å². The maximum Gasteiger partial charge on any atom is 0.180 e. The highest BCUT2D eigenvalue weighted by Gasteiger charge is 2.15. The largest absolute Gasteiger partial charge is 0.293 e. The number of nitrogens with zero attached hydrogens (tertiary/aromatic N) is 3. The highest BCUT2D eigenvalue weighted by molar-refractivity contribution is 7.08. The molecule has 0 bridgehead atoms. The third-order valence-electron chi connectivity index (χ3n) is 2.38. The highest BCUT2D eigenvalue weighted by atomic mass is 32.1. The van der Waals surface area contributed by atoms with Crippen LogP contribution in [0.25, 0.3) is 0 Å². The summed E-state index contributed by atoms with van der Waals surface area (Å²) < 4.78 is 3.86. The predicted molar refractivity (Wildman–Crippen MR) is 66.2 cm³/mol. The Morgan fingerprint density at radius 1 is 1.47 bits per heavy atom. The highest BCUT2D eigenvalue weighted by Crippen LogP contribution is 2.15. The molecule has 0 aliphatic rings. The molecule has 0 aliphatic heterocycles. The number of ketones is 1. The average Bonchev–Trinajstić information content (AvgIpc) is 2.79. The third-order valence-corrected chi connectivity index (χ3v) is 3.19. The Morgan fingerprint density at radius 2 is 2.35 bits per heavy atom. The van der Waals surface area contributed by atoms with Gasteiger partial charge in [-0.3, -0.25) is 9.78 Å². The topological polar surface area (TPSA) is 55.7 Å². The second kappa shape index (κ2) is 5.63. The molecule has 2 aromatic rings. The van der Waals surface area contributed by atoms with E-state index in [0.717, 1.165) is 24.1 Å². The fourth-order valence-electron chi connectivity index (χ4n) is 1.59. The number of aryl methyl sites for hydroxylation is 1. The summed E-state index contributed by atoms with van der Waals surface area (Å²) >= 11 is 1.19. The molecule has 0 saturated heterocycles. The molecule has 0 amide bonds. The molecule has 2 rings (SSSR count). The molecule has 0 unspecified atom stereocenters. The van der Waals surface area contributed by atoms with E-state index in [2.05, 4.69) is 21.5 Å². The van der Waals surface area contributed by atoms with Crippen LogP contribution >= 0.6 is 11.5 Å². The van der Waals surface area contributed by atoms with Crippen molar-refractivity contribution in [2.24, 2.45) is 0 Å². The Kier molecular flexibility index (Phi) is 3.93. The van der Waals surface area contributed by atoms with Crippen molar-refractivity contribution in [3.8, 4) is 0 Å². The molecule has 4 nitrogen and oxygen atoms in total. The van der Waals surface area contributed by atoms with Gasteiger partial charge >= 0.3 is 0 Å². The van der Waals surface area contributed by atoms with Gasteiger partial charge in [-0.05, 0) is 29.6 Å². The smallest absolute Gasteiger partial charge is 0.180 e. The minimum absolute atomic E-state index is 0.0800. The van der Waals surface area contributed by atoms with Gasteiger partial charge < -0.3 is 0 Å². The van der Waals surface area contributed by atoms with Gasteiger partial charge in [-0.15, -0.1) is 5.10 Å². The van der Waals surface area contributed by atoms with Crippen LogP contribution in [0.1, 0.15) is 34.3 Å². The monoisotopic (exact) mass is 247 g/mol. The first kappa shape index (κ1) is 11.9. The van der Waals surface area contributed by atoms with Crippen LogP contribution in [0.3, 0.4) is 0 Å². The molecule has 0 radical (unpaired) electrons. The summed E-state index contributed by atoms with van der Waals surface area (Å²) in [6.45, 7) is 2.06. The SMILES string of the molecule is CCCc1nnsc1C(=O)Cc1cccnc1. The number of aromatic nitrogens is 3. The third kappa shape index (κ3) is 2.94. The minimum atomic E-state index is 0.0800. The van der Waals surface area contributed by atoms with E-state index in [9.17, 15) is 4.79 Å². The zero-order valence-electron chi connectivity index (χ0n) is 9.59. The van der Waals surface area contributed by atoms with Crippen molar-refractivity contribution in [3.63, 3.8) is 0 Å². The van der Waals surface area contributed by atoms with Crippen molar-refractivity contribution in [2.45, 2.75) is 26.2 Å². The summed E-state index contributed by atoms with van der Waals surface area (Å²) in [5, 5.41) is 4.00. The first-order valence-electron chi connectivity index (χ1n) is 5.54. The number of pyridine rings is 1. The molecule has 2 heterocycles. The van der Waals surface area contributed by atoms with E-state index in [4.69, 9.17) is 0 Å². The normalized spacial score (nSPS) is 10.4. The number of Topliss-reactive ketones (excluding diaryl/α,β-unsaturated/α-hetero) is 1. The molecule has 0 spiro atoms. The predicted octanol–water partition coefficient (Wildman–Crippen LogP) is 2.31. The van der Waals surface area contributed by atoms with Crippen LogP contribution < -0.4 is 0 Å². The van der Waals surface area contributed by atoms with E-state index in [1.54, 1.807) is 12.4 Å². The zero-order chi connectivity index (χ0) is 12.1. The molecule has 88 valence electrons. The van der Waals surface area contributed by atoms with E-state index in [1.807, 2.05) is 12.1 Å². The first-order chi connectivity index (χ1) is 8.31. The number of carbonyl (C=O) groups excluding carboxylic acids is 1. The zero-order valence-corrected chi connectivity index (χ0v) is 10.4. The molecule has 0 saturated carbocycles. The van der Waals surface area contributed by atoms with Crippen LogP contribution in [0.15, 0.2) is 24.5 Å². The van der Waals surface area contributed by atoms with Gasteiger partial charge in [0.15, 0.2) is 5.78 Å². The molecule has 0 N–H and O–H groups in total. The van der Waals surface area contributed by atoms with Crippen molar-refractivity contribution in [1.82, 2.24) is 14.6 Å².